The summed E-state index contributed by atoms with van der Waals surface area (Å²) in [5.41, 5.74) is 4.54. The number of nitrogens with zero attached hydrogens (tertiary/aromatic N) is 3. The van der Waals surface area contributed by atoms with Crippen LogP contribution in [-0.4, -0.2) is 15.6 Å². The van der Waals surface area contributed by atoms with Crippen LogP contribution in [0.3, 0.4) is 0 Å². The summed E-state index contributed by atoms with van der Waals surface area (Å²) in [6.07, 6.45) is -0.0371. The highest BCUT2D eigenvalue weighted by Crippen LogP contribution is 2.49. The first-order valence-corrected chi connectivity index (χ1v) is 10.0. The van der Waals surface area contributed by atoms with Crippen LogP contribution < -0.4 is 4.74 Å². The molecule has 3 aromatic carbocycles. The van der Waals surface area contributed by atoms with E-state index in [1.807, 2.05) is 36.2 Å². The lowest BCUT2D eigenvalue weighted by Gasteiger charge is -2.38. The zero-order chi connectivity index (χ0) is 20.8. The molecule has 2 aliphatic rings. The Labute approximate surface area is 178 Å². The Hall–Kier alpha value is -3.38. The number of nitro benzene ring substituents is 1. The van der Waals surface area contributed by atoms with E-state index < -0.39 is 6.23 Å². The van der Waals surface area contributed by atoms with Gasteiger partial charge in [0, 0.05) is 23.1 Å². The van der Waals surface area contributed by atoms with Crippen LogP contribution in [0.2, 0.25) is 5.02 Å². The fourth-order valence-corrected chi connectivity index (χ4v) is 4.23. The predicted molar refractivity (Wildman–Crippen MR) is 115 cm³/mol. The average Bonchev–Trinajstić information content (AvgIpc) is 3.19. The number of rotatable bonds is 3. The van der Waals surface area contributed by atoms with Crippen LogP contribution in [-0.2, 0) is 0 Å². The van der Waals surface area contributed by atoms with Crippen molar-refractivity contribution in [3.05, 3.63) is 104 Å². The Kier molecular flexibility index (Phi) is 4.44. The molecular weight excluding hydrogens is 402 g/mol. The van der Waals surface area contributed by atoms with Gasteiger partial charge in [-0.2, -0.15) is 5.10 Å². The number of nitro groups is 1. The van der Waals surface area contributed by atoms with Crippen molar-refractivity contribution in [3.63, 3.8) is 0 Å². The van der Waals surface area contributed by atoms with Crippen LogP contribution in [0.5, 0.6) is 5.75 Å². The largest absolute Gasteiger partial charge is 0.464 e. The molecule has 150 valence electrons. The van der Waals surface area contributed by atoms with E-state index >= 15 is 0 Å². The van der Waals surface area contributed by atoms with E-state index in [2.05, 4.69) is 12.1 Å². The van der Waals surface area contributed by atoms with Crippen molar-refractivity contribution >= 4 is 23.0 Å². The summed E-state index contributed by atoms with van der Waals surface area (Å²) < 4.78 is 6.24. The monoisotopic (exact) mass is 419 g/mol. The lowest BCUT2D eigenvalue weighted by atomic mass is 9.95. The zero-order valence-electron chi connectivity index (χ0n) is 16.2. The van der Waals surface area contributed by atoms with Crippen molar-refractivity contribution in [1.82, 2.24) is 5.01 Å². The van der Waals surface area contributed by atoms with Crippen molar-refractivity contribution in [1.29, 1.82) is 0 Å². The maximum atomic E-state index is 11.6. The molecule has 0 saturated carbocycles. The van der Waals surface area contributed by atoms with Gasteiger partial charge in [-0.15, -0.1) is 0 Å². The molecule has 0 aliphatic carbocycles. The quantitative estimate of drug-likeness (QED) is 0.397. The second-order valence-electron chi connectivity index (χ2n) is 7.48. The third-order valence-corrected chi connectivity index (χ3v) is 5.77. The summed E-state index contributed by atoms with van der Waals surface area (Å²) >= 11 is 6.26. The molecule has 5 rings (SSSR count). The van der Waals surface area contributed by atoms with Crippen molar-refractivity contribution in [2.24, 2.45) is 5.10 Å². The van der Waals surface area contributed by atoms with Gasteiger partial charge in [0.25, 0.3) is 5.69 Å². The molecule has 0 N–H and O–H groups in total. The molecule has 2 aliphatic heterocycles. The Morgan fingerprint density at radius 2 is 1.87 bits per heavy atom. The third-order valence-electron chi connectivity index (χ3n) is 5.54. The summed E-state index contributed by atoms with van der Waals surface area (Å²) in [5.74, 6) is 0.671. The molecule has 0 spiro atoms. The number of halogens is 1. The van der Waals surface area contributed by atoms with Crippen LogP contribution >= 0.6 is 11.6 Å². The molecule has 2 heterocycles. The fraction of sp³-hybridized carbons (Fsp3) is 0.174. The molecule has 3 aromatic rings. The van der Waals surface area contributed by atoms with Crippen LogP contribution in [0.25, 0.3) is 0 Å². The van der Waals surface area contributed by atoms with Gasteiger partial charge < -0.3 is 4.74 Å². The molecule has 30 heavy (non-hydrogen) atoms. The Morgan fingerprint density at radius 3 is 2.63 bits per heavy atom. The van der Waals surface area contributed by atoms with Gasteiger partial charge in [-0.3, -0.25) is 10.1 Å². The molecule has 2 atom stereocenters. The smallest absolute Gasteiger partial charge is 0.278 e. The van der Waals surface area contributed by atoms with E-state index in [1.54, 1.807) is 24.3 Å². The lowest BCUT2D eigenvalue weighted by Crippen LogP contribution is -2.34. The SMILES string of the molecule is Cc1ccc(C2=NN3[C@H](C2)c2cc(Cl)ccc2O[C@@H]3c2ccccc2[N+](=O)[O-])cc1. The topological polar surface area (TPSA) is 68.0 Å². The molecule has 7 heteroatoms. The molecule has 0 fully saturated rings. The first kappa shape index (κ1) is 18.6. The van der Waals surface area contributed by atoms with Crippen LogP contribution in [0, 0.1) is 17.0 Å². The van der Waals surface area contributed by atoms with Crippen molar-refractivity contribution in [2.75, 3.05) is 0 Å². The van der Waals surface area contributed by atoms with E-state index in [9.17, 15) is 10.1 Å². The van der Waals surface area contributed by atoms with E-state index in [1.165, 1.54) is 11.6 Å². The summed E-state index contributed by atoms with van der Waals surface area (Å²) in [4.78, 5) is 11.3. The van der Waals surface area contributed by atoms with Gasteiger partial charge in [0.05, 0.1) is 22.2 Å². The number of aryl methyl sites for hydroxylation is 1. The molecule has 0 radical (unpaired) electrons. The maximum Gasteiger partial charge on any atom is 0.278 e. The number of benzene rings is 3. The van der Waals surface area contributed by atoms with Crippen molar-refractivity contribution in [3.8, 4) is 5.75 Å². The van der Waals surface area contributed by atoms with Crippen LogP contribution in [0.15, 0.2) is 71.8 Å². The molecular formula is C23H18ClN3O3. The Bertz CT molecular complexity index is 1180. The number of hydrazone groups is 1. The van der Waals surface area contributed by atoms with Gasteiger partial charge in [-0.05, 0) is 36.8 Å². The number of ether oxygens (including phenoxy) is 1. The summed E-state index contributed by atoms with van der Waals surface area (Å²) in [5, 5.41) is 18.9. The number of hydrogen-bond acceptors (Lipinski definition) is 5. The molecule has 6 nitrogen and oxygen atoms in total. The standard InChI is InChI=1S/C23H18ClN3O3/c1-14-6-8-15(9-7-14)19-13-21-18-12-16(24)10-11-22(18)30-23(26(21)25-19)17-4-2-3-5-20(17)27(28)29/h2-12,21,23H,13H2,1H3/t21-,23-/m1/s1. The Balaban J connectivity index is 1.64. The molecule has 0 unspecified atom stereocenters. The van der Waals surface area contributed by atoms with Gasteiger partial charge >= 0.3 is 0 Å². The highest BCUT2D eigenvalue weighted by Gasteiger charge is 2.43. The van der Waals surface area contributed by atoms with E-state index in [0.717, 1.165) is 16.8 Å². The minimum Gasteiger partial charge on any atom is -0.464 e. The number of fused-ring (bicyclic) bond motifs is 3. The number of para-hydroxylation sites is 1. The highest BCUT2D eigenvalue weighted by atomic mass is 35.5. The summed E-state index contributed by atoms with van der Waals surface area (Å²) in [6.45, 7) is 2.04. The van der Waals surface area contributed by atoms with Crippen molar-refractivity contribution < 1.29 is 9.66 Å². The van der Waals surface area contributed by atoms with E-state index in [4.69, 9.17) is 21.4 Å². The molecule has 0 saturated heterocycles. The van der Waals surface area contributed by atoms with Gasteiger partial charge in [0.15, 0.2) is 0 Å². The predicted octanol–water partition coefficient (Wildman–Crippen LogP) is 5.80. The summed E-state index contributed by atoms with van der Waals surface area (Å²) in [7, 11) is 0. The van der Waals surface area contributed by atoms with Gasteiger partial charge in [0.1, 0.15) is 5.75 Å². The number of hydrogen-bond donors (Lipinski definition) is 0. The zero-order valence-corrected chi connectivity index (χ0v) is 16.9. The molecule has 0 bridgehead atoms. The first-order valence-electron chi connectivity index (χ1n) is 9.63. The third kappa shape index (κ3) is 3.09. The average molecular weight is 420 g/mol. The normalized spacial score (nSPS) is 19.5. The Morgan fingerprint density at radius 1 is 1.10 bits per heavy atom. The van der Waals surface area contributed by atoms with Crippen LogP contribution in [0.4, 0.5) is 5.69 Å². The molecule has 0 aromatic heterocycles. The fourth-order valence-electron chi connectivity index (χ4n) is 4.05. The minimum absolute atomic E-state index is 0.0117. The first-order chi connectivity index (χ1) is 14.5. The second kappa shape index (κ2) is 7.15. The minimum atomic E-state index is -0.701. The van der Waals surface area contributed by atoms with Gasteiger partial charge in [-0.1, -0.05) is 53.6 Å². The highest BCUT2D eigenvalue weighted by molar-refractivity contribution is 6.30. The van der Waals surface area contributed by atoms with Gasteiger partial charge in [0.2, 0.25) is 6.23 Å². The van der Waals surface area contributed by atoms with Gasteiger partial charge in [-0.25, -0.2) is 5.01 Å². The van der Waals surface area contributed by atoms with Crippen molar-refractivity contribution in [2.45, 2.75) is 25.6 Å². The second-order valence-corrected chi connectivity index (χ2v) is 7.92. The van der Waals surface area contributed by atoms with Crippen LogP contribution in [0.1, 0.15) is 40.9 Å². The van der Waals surface area contributed by atoms with E-state index in [0.29, 0.717) is 22.8 Å². The summed E-state index contributed by atoms with van der Waals surface area (Å²) in [6, 6.07) is 20.2. The van der Waals surface area contributed by atoms with E-state index in [-0.39, 0.29) is 16.7 Å². The molecule has 0 amide bonds. The lowest BCUT2D eigenvalue weighted by molar-refractivity contribution is -0.386. The maximum absolute atomic E-state index is 11.6.